The molecule has 10 heteroatoms. The fourth-order valence-electron chi connectivity index (χ4n) is 3.61. The molecule has 1 aromatic carbocycles. The van der Waals surface area contributed by atoms with E-state index in [0.717, 1.165) is 5.69 Å². The molecule has 1 aromatic rings. The number of imide groups is 1. The largest absolute Gasteiger partial charge is 0.495 e. The molecule has 0 radical (unpaired) electrons. The second-order valence-corrected chi connectivity index (χ2v) is 8.82. The number of nitrogens with one attached hydrogen (secondary N) is 2. The van der Waals surface area contributed by atoms with Crippen LogP contribution in [0.1, 0.15) is 44.0 Å². The van der Waals surface area contributed by atoms with Crippen LogP contribution in [0.25, 0.3) is 0 Å². The second-order valence-electron chi connectivity index (χ2n) is 8.82. The van der Waals surface area contributed by atoms with E-state index >= 15 is 0 Å². The van der Waals surface area contributed by atoms with Crippen molar-refractivity contribution in [3.8, 4) is 5.75 Å². The molecule has 0 saturated carbocycles. The van der Waals surface area contributed by atoms with Crippen LogP contribution >= 0.6 is 0 Å². The lowest BCUT2D eigenvalue weighted by molar-refractivity contribution is -0.134. The summed E-state index contributed by atoms with van der Waals surface area (Å²) < 4.78 is 10.9. The molecule has 0 aliphatic carbocycles. The van der Waals surface area contributed by atoms with Crippen molar-refractivity contribution < 1.29 is 28.7 Å². The van der Waals surface area contributed by atoms with Crippen molar-refractivity contribution in [1.29, 1.82) is 0 Å². The van der Waals surface area contributed by atoms with Crippen LogP contribution in [0.3, 0.4) is 0 Å². The molecule has 2 heterocycles. The molecule has 2 N–H and O–H groups in total. The average molecular weight is 447 g/mol. The van der Waals surface area contributed by atoms with Crippen LogP contribution in [0.4, 0.5) is 10.5 Å². The van der Waals surface area contributed by atoms with Gasteiger partial charge in [0.25, 0.3) is 5.91 Å². The summed E-state index contributed by atoms with van der Waals surface area (Å²) in [6.45, 7) is 7.72. The topological polar surface area (TPSA) is 117 Å². The van der Waals surface area contributed by atoms with Crippen LogP contribution in [0.15, 0.2) is 18.2 Å². The van der Waals surface area contributed by atoms with Crippen molar-refractivity contribution in [2.75, 3.05) is 38.2 Å². The number of nitrogens with zero attached hydrogens (tertiary/aromatic N) is 2. The van der Waals surface area contributed by atoms with Crippen LogP contribution in [-0.2, 0) is 14.3 Å². The molecule has 1 atom stereocenters. The highest BCUT2D eigenvalue weighted by atomic mass is 16.6. The predicted octanol–water partition coefficient (Wildman–Crippen LogP) is 1.29. The Morgan fingerprint density at radius 2 is 1.81 bits per heavy atom. The molecule has 174 valence electrons. The molecule has 0 bridgehead atoms. The Morgan fingerprint density at radius 3 is 2.41 bits per heavy atom. The first-order chi connectivity index (χ1) is 15.1. The number of rotatable bonds is 4. The van der Waals surface area contributed by atoms with E-state index in [4.69, 9.17) is 9.47 Å². The molecule has 3 rings (SSSR count). The van der Waals surface area contributed by atoms with Gasteiger partial charge in [0.2, 0.25) is 11.8 Å². The third-order valence-corrected chi connectivity index (χ3v) is 5.26. The van der Waals surface area contributed by atoms with Crippen LogP contribution in [0.5, 0.6) is 5.75 Å². The molecule has 10 nitrogen and oxygen atoms in total. The van der Waals surface area contributed by atoms with Crippen LogP contribution < -0.4 is 20.3 Å². The lowest BCUT2D eigenvalue weighted by Gasteiger charge is -2.37. The molecule has 0 unspecified atom stereocenters. The Bertz CT molecular complexity index is 902. The van der Waals surface area contributed by atoms with Gasteiger partial charge in [-0.2, -0.15) is 0 Å². The molecule has 0 aromatic heterocycles. The van der Waals surface area contributed by atoms with E-state index in [1.165, 1.54) is 7.11 Å². The molecule has 2 aliphatic rings. The third kappa shape index (κ3) is 5.68. The summed E-state index contributed by atoms with van der Waals surface area (Å²) in [5.41, 5.74) is 0.623. The number of ether oxygens (including phenoxy) is 2. The summed E-state index contributed by atoms with van der Waals surface area (Å²) in [6, 6.07) is 4.34. The Morgan fingerprint density at radius 1 is 1.12 bits per heavy atom. The van der Waals surface area contributed by atoms with E-state index in [9.17, 15) is 19.2 Å². The fraction of sp³-hybridized carbons (Fsp3) is 0.545. The maximum atomic E-state index is 12.6. The summed E-state index contributed by atoms with van der Waals surface area (Å²) in [7, 11) is 1.53. The van der Waals surface area contributed by atoms with Gasteiger partial charge >= 0.3 is 6.09 Å². The fourth-order valence-corrected chi connectivity index (χ4v) is 3.61. The van der Waals surface area contributed by atoms with E-state index < -0.39 is 23.5 Å². The zero-order chi connectivity index (χ0) is 23.5. The van der Waals surface area contributed by atoms with Gasteiger partial charge in [-0.15, -0.1) is 0 Å². The number of carbonyl (C=O) groups excluding carboxylic acids is 4. The maximum Gasteiger partial charge on any atom is 0.410 e. The first kappa shape index (κ1) is 23.4. The highest BCUT2D eigenvalue weighted by Crippen LogP contribution is 2.30. The SMILES string of the molecule is COc1cc(C(=O)N[C@H]2CCC(=O)NC2=O)ccc1N1CCN(C(=O)OC(C)(C)C)CC1. The van der Waals surface area contributed by atoms with Crippen LogP contribution in [0, 0.1) is 0 Å². The van der Waals surface area contributed by atoms with Crippen molar-refractivity contribution in [3.05, 3.63) is 23.8 Å². The van der Waals surface area contributed by atoms with Crippen molar-refractivity contribution in [1.82, 2.24) is 15.5 Å². The maximum absolute atomic E-state index is 12.6. The van der Waals surface area contributed by atoms with Crippen molar-refractivity contribution in [2.45, 2.75) is 45.3 Å². The molecular formula is C22H30N4O6. The van der Waals surface area contributed by atoms with Gasteiger partial charge in [0.05, 0.1) is 12.8 Å². The molecular weight excluding hydrogens is 416 g/mol. The number of benzene rings is 1. The Labute approximate surface area is 187 Å². The summed E-state index contributed by atoms with van der Waals surface area (Å²) in [5.74, 6) is -0.731. The van der Waals surface area contributed by atoms with Gasteiger partial charge < -0.3 is 24.6 Å². The van der Waals surface area contributed by atoms with E-state index in [1.807, 2.05) is 20.8 Å². The summed E-state index contributed by atoms with van der Waals surface area (Å²) in [4.78, 5) is 51.8. The number of amides is 4. The first-order valence-corrected chi connectivity index (χ1v) is 10.6. The van der Waals surface area contributed by atoms with Gasteiger partial charge in [0, 0.05) is 38.2 Å². The predicted molar refractivity (Wildman–Crippen MR) is 117 cm³/mol. The first-order valence-electron chi connectivity index (χ1n) is 10.6. The monoisotopic (exact) mass is 446 g/mol. The number of hydrogen-bond acceptors (Lipinski definition) is 7. The summed E-state index contributed by atoms with van der Waals surface area (Å²) >= 11 is 0. The standard InChI is InChI=1S/C22H30N4O6/c1-22(2,3)32-21(30)26-11-9-25(10-12-26)16-7-5-14(13-17(16)31-4)19(28)23-15-6-8-18(27)24-20(15)29/h5,7,13,15H,6,8-12H2,1-4H3,(H,23,28)(H,24,27,29)/t15-/m0/s1. The zero-order valence-electron chi connectivity index (χ0n) is 18.9. The van der Waals surface area contributed by atoms with E-state index in [0.29, 0.717) is 37.5 Å². The molecule has 0 spiro atoms. The third-order valence-electron chi connectivity index (χ3n) is 5.26. The minimum atomic E-state index is -0.744. The number of piperidine rings is 1. The quantitative estimate of drug-likeness (QED) is 0.669. The van der Waals surface area contributed by atoms with Gasteiger partial charge in [-0.1, -0.05) is 0 Å². The van der Waals surface area contributed by atoms with Gasteiger partial charge in [0.15, 0.2) is 0 Å². The van der Waals surface area contributed by atoms with Gasteiger partial charge in [-0.25, -0.2) is 4.79 Å². The summed E-state index contributed by atoms with van der Waals surface area (Å²) in [6.07, 6.45) is 0.131. The second kappa shape index (κ2) is 9.46. The molecule has 2 saturated heterocycles. The molecule has 4 amide bonds. The van der Waals surface area contributed by atoms with E-state index in [1.54, 1.807) is 23.1 Å². The molecule has 32 heavy (non-hydrogen) atoms. The lowest BCUT2D eigenvalue weighted by atomic mass is 10.1. The van der Waals surface area contributed by atoms with Gasteiger partial charge in [-0.05, 0) is 45.4 Å². The lowest BCUT2D eigenvalue weighted by Crippen LogP contribution is -2.52. The minimum absolute atomic E-state index is 0.189. The average Bonchev–Trinajstić information content (AvgIpc) is 2.74. The highest BCUT2D eigenvalue weighted by molar-refractivity contribution is 6.04. The summed E-state index contributed by atoms with van der Waals surface area (Å²) in [5, 5.41) is 4.89. The van der Waals surface area contributed by atoms with Gasteiger partial charge in [-0.3, -0.25) is 19.7 Å². The Hall–Kier alpha value is -3.30. The van der Waals surface area contributed by atoms with Crippen LogP contribution in [-0.4, -0.2) is 73.6 Å². The molecule has 2 aliphatic heterocycles. The number of anilines is 1. The molecule has 2 fully saturated rings. The van der Waals surface area contributed by atoms with Crippen molar-refractivity contribution >= 4 is 29.5 Å². The number of methoxy groups -OCH3 is 1. The number of hydrogen-bond donors (Lipinski definition) is 2. The minimum Gasteiger partial charge on any atom is -0.495 e. The van der Waals surface area contributed by atoms with Crippen molar-refractivity contribution in [2.24, 2.45) is 0 Å². The smallest absolute Gasteiger partial charge is 0.410 e. The zero-order valence-corrected chi connectivity index (χ0v) is 18.9. The highest BCUT2D eigenvalue weighted by Gasteiger charge is 2.29. The number of carbonyl (C=O) groups is 4. The Balaban J connectivity index is 1.63. The van der Waals surface area contributed by atoms with Crippen molar-refractivity contribution in [3.63, 3.8) is 0 Å². The van der Waals surface area contributed by atoms with Crippen LogP contribution in [0.2, 0.25) is 0 Å². The normalized spacial score (nSPS) is 19.3. The van der Waals surface area contributed by atoms with E-state index in [-0.39, 0.29) is 24.8 Å². The number of piperazine rings is 1. The van der Waals surface area contributed by atoms with Gasteiger partial charge in [0.1, 0.15) is 17.4 Å². The van der Waals surface area contributed by atoms with E-state index in [2.05, 4.69) is 15.5 Å². The Kier molecular flexibility index (Phi) is 6.90.